The zero-order chi connectivity index (χ0) is 20.6. The van der Waals surface area contributed by atoms with Crippen molar-refractivity contribution < 1.29 is 18.1 Å². The number of piperazine rings is 1. The molecule has 154 valence electrons. The molecule has 29 heavy (non-hydrogen) atoms. The van der Waals surface area contributed by atoms with Crippen LogP contribution in [0, 0.1) is 0 Å². The van der Waals surface area contributed by atoms with Crippen molar-refractivity contribution in [1.82, 2.24) is 0 Å². The van der Waals surface area contributed by atoms with Gasteiger partial charge in [0, 0.05) is 19.2 Å². The number of quaternary nitrogens is 1. The van der Waals surface area contributed by atoms with Crippen LogP contribution in [-0.2, 0) is 21.2 Å². The summed E-state index contributed by atoms with van der Waals surface area (Å²) in [5, 5.41) is 0. The first-order valence-electron chi connectivity index (χ1n) is 9.94. The number of nitrogens with zero attached hydrogens (tertiary/aromatic N) is 2. The topological polar surface area (TPSA) is 74.2 Å². The van der Waals surface area contributed by atoms with Gasteiger partial charge in [0.25, 0.3) is 10.0 Å². The normalized spacial score (nSPS) is 17.3. The molecule has 2 aromatic carbocycles. The zero-order valence-electron chi connectivity index (χ0n) is 16.8. The van der Waals surface area contributed by atoms with Gasteiger partial charge in [0.05, 0.1) is 49.5 Å². The van der Waals surface area contributed by atoms with Crippen LogP contribution in [0.4, 0.5) is 17.1 Å². The number of hydrogen-bond acceptors (Lipinski definition) is 4. The molecule has 0 aliphatic carbocycles. The average molecular weight is 416 g/mol. The van der Waals surface area contributed by atoms with E-state index in [4.69, 9.17) is 0 Å². The first-order chi connectivity index (χ1) is 13.8. The molecule has 0 aromatic heterocycles. The fourth-order valence-electron chi connectivity index (χ4n) is 4.04. The van der Waals surface area contributed by atoms with E-state index in [0.717, 1.165) is 43.1 Å². The highest BCUT2D eigenvalue weighted by molar-refractivity contribution is 7.92. The Labute approximate surface area is 172 Å². The number of carbonyl (C=O) groups is 1. The van der Waals surface area contributed by atoms with Crippen LogP contribution in [0.5, 0.6) is 0 Å². The number of nitrogens with one attached hydrogen (secondary N) is 2. The summed E-state index contributed by atoms with van der Waals surface area (Å²) in [6.45, 7) is 5.96. The first-order valence-corrected chi connectivity index (χ1v) is 11.4. The third-order valence-corrected chi connectivity index (χ3v) is 7.11. The Hall–Kier alpha value is -2.58. The maximum Gasteiger partial charge on any atom is 0.261 e. The maximum absolute atomic E-state index is 13.1. The number of sulfonamides is 1. The molecule has 1 saturated heterocycles. The van der Waals surface area contributed by atoms with Crippen LogP contribution in [0.1, 0.15) is 12.5 Å². The molecule has 2 aliphatic rings. The van der Waals surface area contributed by atoms with Gasteiger partial charge < -0.3 is 14.7 Å². The van der Waals surface area contributed by atoms with Crippen molar-refractivity contribution in [2.75, 3.05) is 54.3 Å². The summed E-state index contributed by atoms with van der Waals surface area (Å²) >= 11 is 0. The molecule has 2 aliphatic heterocycles. The average Bonchev–Trinajstić information content (AvgIpc) is 3.12. The third-order valence-electron chi connectivity index (χ3n) is 5.74. The summed E-state index contributed by atoms with van der Waals surface area (Å²) < 4.78 is 29.0. The van der Waals surface area contributed by atoms with Crippen molar-refractivity contribution in [3.05, 3.63) is 48.0 Å². The largest absolute Gasteiger partial charge is 0.359 e. The molecule has 0 spiro atoms. The Morgan fingerprint density at radius 2 is 1.76 bits per heavy atom. The number of likely N-dealkylation sites (N-methyl/N-ethyl adjacent to an activating group) is 1. The van der Waals surface area contributed by atoms with E-state index in [0.29, 0.717) is 18.7 Å². The minimum absolute atomic E-state index is 0.0274. The number of fused-ring (bicyclic) bond motifs is 1. The summed E-state index contributed by atoms with van der Waals surface area (Å²) in [5.74, 6) is -0.0274. The Bertz CT molecular complexity index is 1030. The van der Waals surface area contributed by atoms with E-state index in [2.05, 4.69) is 16.7 Å². The van der Waals surface area contributed by atoms with Crippen molar-refractivity contribution in [3.63, 3.8) is 0 Å². The number of carbonyl (C=O) groups excluding carboxylic acids is 1. The highest BCUT2D eigenvalue weighted by atomic mass is 32.2. The summed E-state index contributed by atoms with van der Waals surface area (Å²) in [6, 6.07) is 12.5. The molecule has 4 rings (SSSR count). The Kier molecular flexibility index (Phi) is 5.23. The van der Waals surface area contributed by atoms with Crippen molar-refractivity contribution in [3.8, 4) is 0 Å². The second kappa shape index (κ2) is 7.68. The van der Waals surface area contributed by atoms with Gasteiger partial charge in [-0.25, -0.2) is 8.42 Å². The summed E-state index contributed by atoms with van der Waals surface area (Å²) in [5.41, 5.74) is 3.19. The number of anilines is 3. The third kappa shape index (κ3) is 3.95. The molecule has 2 aromatic rings. The van der Waals surface area contributed by atoms with Gasteiger partial charge in [-0.15, -0.1) is 0 Å². The molecule has 0 saturated carbocycles. The summed E-state index contributed by atoms with van der Waals surface area (Å²) in [4.78, 5) is 17.4. The van der Waals surface area contributed by atoms with E-state index < -0.39 is 10.0 Å². The molecule has 0 atom stereocenters. The van der Waals surface area contributed by atoms with E-state index in [-0.39, 0.29) is 10.8 Å². The minimum Gasteiger partial charge on any atom is -0.359 e. The highest BCUT2D eigenvalue weighted by Crippen LogP contribution is 2.32. The predicted octanol–water partition coefficient (Wildman–Crippen LogP) is 0.731. The summed E-state index contributed by atoms with van der Waals surface area (Å²) in [7, 11) is -1.56. The molecule has 2 heterocycles. The van der Waals surface area contributed by atoms with Crippen molar-refractivity contribution in [1.29, 1.82) is 0 Å². The molecule has 8 heteroatoms. The first kappa shape index (κ1) is 19.7. The highest BCUT2D eigenvalue weighted by Gasteiger charge is 2.26. The van der Waals surface area contributed by atoms with E-state index >= 15 is 0 Å². The lowest BCUT2D eigenvalue weighted by Crippen LogP contribution is -3.12. The predicted molar refractivity (Wildman–Crippen MR) is 114 cm³/mol. The molecule has 0 unspecified atom stereocenters. The van der Waals surface area contributed by atoms with Crippen LogP contribution in [0.3, 0.4) is 0 Å². The van der Waals surface area contributed by atoms with Gasteiger partial charge in [0.2, 0.25) is 5.91 Å². The monoisotopic (exact) mass is 415 g/mol. The lowest BCUT2D eigenvalue weighted by Gasteiger charge is -2.33. The molecule has 7 nitrogen and oxygen atoms in total. The zero-order valence-corrected chi connectivity index (χ0v) is 17.6. The van der Waals surface area contributed by atoms with Crippen molar-refractivity contribution in [2.24, 2.45) is 0 Å². The van der Waals surface area contributed by atoms with Crippen LogP contribution in [0.25, 0.3) is 0 Å². The molecular weight excluding hydrogens is 388 g/mol. The van der Waals surface area contributed by atoms with Crippen LogP contribution in [0.15, 0.2) is 47.4 Å². The van der Waals surface area contributed by atoms with Gasteiger partial charge in [-0.2, -0.15) is 0 Å². The van der Waals surface area contributed by atoms with E-state index in [1.54, 1.807) is 23.1 Å². The number of hydrogen-bond donors (Lipinski definition) is 2. The molecule has 0 radical (unpaired) electrons. The second-order valence-corrected chi connectivity index (χ2v) is 9.46. The van der Waals surface area contributed by atoms with E-state index in [9.17, 15) is 13.2 Å². The summed E-state index contributed by atoms with van der Waals surface area (Å²) in [6.07, 6.45) is 0.665. The van der Waals surface area contributed by atoms with Crippen LogP contribution in [-0.4, -0.2) is 54.1 Å². The van der Waals surface area contributed by atoms with Gasteiger partial charge in [0.1, 0.15) is 0 Å². The molecule has 2 N–H and O–H groups in total. The fourth-order valence-corrected chi connectivity index (χ4v) is 5.17. The van der Waals surface area contributed by atoms with Gasteiger partial charge in [-0.3, -0.25) is 9.52 Å². The van der Waals surface area contributed by atoms with Crippen LogP contribution >= 0.6 is 0 Å². The molecule has 0 bridgehead atoms. The van der Waals surface area contributed by atoms with E-state index in [1.165, 1.54) is 11.8 Å². The lowest BCUT2D eigenvalue weighted by atomic mass is 10.2. The van der Waals surface area contributed by atoms with Crippen LogP contribution in [0.2, 0.25) is 0 Å². The van der Waals surface area contributed by atoms with Gasteiger partial charge >= 0.3 is 0 Å². The van der Waals surface area contributed by atoms with Gasteiger partial charge in [-0.1, -0.05) is 12.1 Å². The SMILES string of the molecule is CC(=O)N1CCc2cc(S(=O)(=O)Nc3ccccc3N3CC[NH+](C)CC3)ccc21. The Balaban J connectivity index is 1.60. The van der Waals surface area contributed by atoms with Crippen molar-refractivity contribution in [2.45, 2.75) is 18.2 Å². The number of amides is 1. The molecular formula is C21H27N4O3S+. The standard InChI is InChI=1S/C21H26N4O3S/c1-16(26)25-10-9-17-15-18(7-8-20(17)25)29(27,28)22-19-5-3-4-6-21(19)24-13-11-23(2)12-14-24/h3-8,15,22H,9-14H2,1-2H3/p+1. The van der Waals surface area contributed by atoms with Gasteiger partial charge in [-0.05, 0) is 42.3 Å². The van der Waals surface area contributed by atoms with Crippen LogP contribution < -0.4 is 19.4 Å². The molecule has 1 fully saturated rings. The second-order valence-electron chi connectivity index (χ2n) is 7.78. The van der Waals surface area contributed by atoms with E-state index in [1.807, 2.05) is 24.3 Å². The maximum atomic E-state index is 13.1. The smallest absolute Gasteiger partial charge is 0.261 e. The number of rotatable bonds is 4. The number of para-hydroxylation sites is 2. The van der Waals surface area contributed by atoms with Gasteiger partial charge in [0.15, 0.2) is 0 Å². The van der Waals surface area contributed by atoms with Crippen molar-refractivity contribution >= 4 is 33.0 Å². The number of benzene rings is 2. The Morgan fingerprint density at radius 1 is 1.03 bits per heavy atom. The Morgan fingerprint density at radius 3 is 2.48 bits per heavy atom. The minimum atomic E-state index is -3.73. The lowest BCUT2D eigenvalue weighted by molar-refractivity contribution is -0.880. The molecule has 1 amide bonds. The quantitative estimate of drug-likeness (QED) is 0.772. The fraction of sp³-hybridized carbons (Fsp3) is 0.381.